The van der Waals surface area contributed by atoms with Gasteiger partial charge in [0.05, 0.1) is 11.2 Å². The van der Waals surface area contributed by atoms with Gasteiger partial charge in [0, 0.05) is 17.8 Å². The van der Waals surface area contributed by atoms with E-state index in [0.717, 1.165) is 18.2 Å². The van der Waals surface area contributed by atoms with E-state index in [2.05, 4.69) is 4.98 Å². The molecule has 2 atom stereocenters. The van der Waals surface area contributed by atoms with Crippen LogP contribution in [0.25, 0.3) is 0 Å². The van der Waals surface area contributed by atoms with Crippen LogP contribution in [0.4, 0.5) is 17.6 Å². The number of hydrogen-bond acceptors (Lipinski definition) is 4. The molecule has 0 radical (unpaired) electrons. The number of rotatable bonds is 5. The maximum absolute atomic E-state index is 14.5. The van der Waals surface area contributed by atoms with Crippen molar-refractivity contribution in [2.45, 2.75) is 38.5 Å². The van der Waals surface area contributed by atoms with Gasteiger partial charge in [0.15, 0.2) is 0 Å². The smallest absolute Gasteiger partial charge is 0.417 e. The summed E-state index contributed by atoms with van der Waals surface area (Å²) < 4.78 is 74.5. The van der Waals surface area contributed by atoms with Gasteiger partial charge in [-0.1, -0.05) is 12.1 Å². The first-order valence-electron chi connectivity index (χ1n) is 7.76. The van der Waals surface area contributed by atoms with Gasteiger partial charge in [0.25, 0.3) is 0 Å². The highest BCUT2D eigenvalue weighted by Crippen LogP contribution is 2.59. The van der Waals surface area contributed by atoms with Crippen LogP contribution in [-0.4, -0.2) is 15.5 Å². The van der Waals surface area contributed by atoms with Crippen molar-refractivity contribution in [1.82, 2.24) is 4.98 Å². The van der Waals surface area contributed by atoms with Gasteiger partial charge in [-0.05, 0) is 39.0 Å². The summed E-state index contributed by atoms with van der Waals surface area (Å²) in [5.74, 6) is -2.42. The molecule has 0 aliphatic heterocycles. The molecule has 10 heteroatoms. The predicted molar refractivity (Wildman–Crippen MR) is 90.3 cm³/mol. The summed E-state index contributed by atoms with van der Waals surface area (Å²) in [5, 5.41) is 0. The highest BCUT2D eigenvalue weighted by molar-refractivity contribution is 7.53. The third kappa shape index (κ3) is 6.02. The van der Waals surface area contributed by atoms with Crippen molar-refractivity contribution in [3.8, 4) is 11.6 Å². The van der Waals surface area contributed by atoms with Gasteiger partial charge >= 0.3 is 13.8 Å². The zero-order valence-corrected chi connectivity index (χ0v) is 15.6. The first-order chi connectivity index (χ1) is 12.3. The first kappa shape index (κ1) is 21.3. The molecule has 0 aliphatic rings. The van der Waals surface area contributed by atoms with Crippen LogP contribution >= 0.6 is 7.60 Å². The van der Waals surface area contributed by atoms with Crippen molar-refractivity contribution in [1.29, 1.82) is 0 Å². The van der Waals surface area contributed by atoms with E-state index in [4.69, 9.17) is 9.26 Å². The van der Waals surface area contributed by atoms with Crippen molar-refractivity contribution in [3.05, 3.63) is 53.7 Å². The van der Waals surface area contributed by atoms with Crippen LogP contribution in [-0.2, 0) is 15.3 Å². The number of benzene rings is 1. The van der Waals surface area contributed by atoms with Crippen molar-refractivity contribution in [2.75, 3.05) is 0 Å². The average Bonchev–Trinajstić information content (AvgIpc) is 2.52. The molecule has 0 fully saturated rings. The first-order valence-corrected chi connectivity index (χ1v) is 9.41. The largest absolute Gasteiger partial charge is 0.439 e. The Labute approximate surface area is 153 Å². The van der Waals surface area contributed by atoms with Crippen molar-refractivity contribution < 1.29 is 36.3 Å². The van der Waals surface area contributed by atoms with Crippen LogP contribution in [0.15, 0.2) is 42.6 Å². The third-order valence-corrected chi connectivity index (χ3v) is 4.79. The lowest BCUT2D eigenvalue weighted by Gasteiger charge is -2.25. The van der Waals surface area contributed by atoms with Crippen LogP contribution in [0, 0.1) is 0 Å². The lowest BCUT2D eigenvalue weighted by atomic mass is 10.2. The molecule has 2 unspecified atom stereocenters. The van der Waals surface area contributed by atoms with Crippen LogP contribution in [0.3, 0.4) is 0 Å². The number of aromatic nitrogens is 1. The SMILES string of the molecule is CC(C)(C)OP(=O)(O)C(F)c1cccc(Oc2ccc(C(F)(F)F)cn2)c1. The van der Waals surface area contributed by atoms with E-state index in [0.29, 0.717) is 6.20 Å². The van der Waals surface area contributed by atoms with E-state index in [1.165, 1.54) is 39.0 Å². The van der Waals surface area contributed by atoms with Crippen molar-refractivity contribution in [2.24, 2.45) is 0 Å². The van der Waals surface area contributed by atoms with Crippen molar-refractivity contribution >= 4 is 7.60 Å². The van der Waals surface area contributed by atoms with Crippen LogP contribution in [0.2, 0.25) is 0 Å². The summed E-state index contributed by atoms with van der Waals surface area (Å²) >= 11 is 0. The molecule has 2 aromatic rings. The number of hydrogen-bond donors (Lipinski definition) is 1. The summed E-state index contributed by atoms with van der Waals surface area (Å²) in [6.45, 7) is 4.54. The number of alkyl halides is 4. The molecule has 0 amide bonds. The van der Waals surface area contributed by atoms with Gasteiger partial charge < -0.3 is 14.2 Å². The van der Waals surface area contributed by atoms with Gasteiger partial charge in [0.1, 0.15) is 5.75 Å². The zero-order chi connectivity index (χ0) is 20.5. The van der Waals surface area contributed by atoms with Gasteiger partial charge in [-0.2, -0.15) is 13.2 Å². The molecular formula is C17H18F4NO4P. The van der Waals surface area contributed by atoms with E-state index in [1.54, 1.807) is 0 Å². The van der Waals surface area contributed by atoms with E-state index in [-0.39, 0.29) is 17.2 Å². The topological polar surface area (TPSA) is 68.7 Å². The second-order valence-electron chi connectivity index (χ2n) is 6.66. The van der Waals surface area contributed by atoms with Crippen LogP contribution in [0.5, 0.6) is 11.6 Å². The van der Waals surface area contributed by atoms with Crippen molar-refractivity contribution in [3.63, 3.8) is 0 Å². The Balaban J connectivity index is 2.19. The van der Waals surface area contributed by atoms with E-state index < -0.39 is 30.8 Å². The quantitative estimate of drug-likeness (QED) is 0.497. The molecule has 0 saturated carbocycles. The highest BCUT2D eigenvalue weighted by Gasteiger charge is 2.38. The summed E-state index contributed by atoms with van der Waals surface area (Å²) in [6.07, 6.45) is -3.92. The monoisotopic (exact) mass is 407 g/mol. The summed E-state index contributed by atoms with van der Waals surface area (Å²) in [6, 6.07) is 7.01. The van der Waals surface area contributed by atoms with Gasteiger partial charge in [0.2, 0.25) is 11.8 Å². The second-order valence-corrected chi connectivity index (χ2v) is 8.43. The fraction of sp³-hybridized carbons (Fsp3) is 0.353. The Hall–Kier alpha value is -1.96. The minimum absolute atomic E-state index is 0.0400. The Morgan fingerprint density at radius 1 is 1.15 bits per heavy atom. The van der Waals surface area contributed by atoms with Gasteiger partial charge in [-0.3, -0.25) is 4.57 Å². The molecule has 1 aromatic heterocycles. The van der Waals surface area contributed by atoms with Gasteiger partial charge in [-0.15, -0.1) is 0 Å². The standard InChI is InChI=1S/C17H18F4NO4P/c1-16(2,3)26-27(23,24)15(18)11-5-4-6-13(9-11)25-14-8-7-12(10-22-14)17(19,20)21/h4-10,15H,1-3H3,(H,23,24). The van der Waals surface area contributed by atoms with Crippen LogP contribution < -0.4 is 4.74 Å². The summed E-state index contributed by atoms with van der Waals surface area (Å²) in [7, 11) is -4.62. The molecule has 5 nitrogen and oxygen atoms in total. The maximum Gasteiger partial charge on any atom is 0.417 e. The molecule has 1 aromatic carbocycles. The Bertz CT molecular complexity index is 834. The third-order valence-electron chi connectivity index (χ3n) is 3.11. The van der Waals surface area contributed by atoms with Gasteiger partial charge in [-0.25, -0.2) is 9.37 Å². The van der Waals surface area contributed by atoms with Crippen LogP contribution in [0.1, 0.15) is 37.8 Å². The van der Waals surface area contributed by atoms with E-state index >= 15 is 0 Å². The number of halogens is 4. The molecule has 0 spiro atoms. The maximum atomic E-state index is 14.5. The Morgan fingerprint density at radius 2 is 1.81 bits per heavy atom. The number of pyridine rings is 1. The normalized spacial score (nSPS) is 15.9. The fourth-order valence-electron chi connectivity index (χ4n) is 2.08. The minimum Gasteiger partial charge on any atom is -0.439 e. The molecular weight excluding hydrogens is 389 g/mol. The molecule has 1 heterocycles. The molecule has 0 aliphatic carbocycles. The minimum atomic E-state index is -4.62. The lowest BCUT2D eigenvalue weighted by Crippen LogP contribution is -2.18. The summed E-state index contributed by atoms with van der Waals surface area (Å²) in [5.41, 5.74) is -2.14. The molecule has 0 saturated heterocycles. The highest BCUT2D eigenvalue weighted by atomic mass is 31.2. The second kappa shape index (κ2) is 7.58. The predicted octanol–water partition coefficient (Wildman–Crippen LogP) is 5.86. The van der Waals surface area contributed by atoms with E-state index in [9.17, 15) is 27.0 Å². The average molecular weight is 407 g/mol. The zero-order valence-electron chi connectivity index (χ0n) is 14.7. The fourth-order valence-corrected chi connectivity index (χ4v) is 3.50. The van der Waals surface area contributed by atoms with E-state index in [1.807, 2.05) is 0 Å². The molecule has 1 N–H and O–H groups in total. The molecule has 27 heavy (non-hydrogen) atoms. The Kier molecular flexibility index (Phi) is 5.99. The number of nitrogens with zero attached hydrogens (tertiary/aromatic N) is 1. The number of ether oxygens (including phenoxy) is 1. The molecule has 0 bridgehead atoms. The lowest BCUT2D eigenvalue weighted by molar-refractivity contribution is -0.137. The Morgan fingerprint density at radius 3 is 2.33 bits per heavy atom. The summed E-state index contributed by atoms with van der Waals surface area (Å²) in [4.78, 5) is 13.4. The molecule has 2 rings (SSSR count). The molecule has 148 valence electrons.